The molecule has 196 valence electrons. The van der Waals surface area contributed by atoms with Gasteiger partial charge in [-0.3, -0.25) is 18.4 Å². The van der Waals surface area contributed by atoms with E-state index >= 15 is 0 Å². The van der Waals surface area contributed by atoms with Gasteiger partial charge in [0.25, 0.3) is 0 Å². The summed E-state index contributed by atoms with van der Waals surface area (Å²) in [4.78, 5) is 28.3. The summed E-state index contributed by atoms with van der Waals surface area (Å²) >= 11 is 0. The molecule has 0 amide bonds. The number of hydrogen-bond donors (Lipinski definition) is 3. The fraction of sp³-hybridized carbons (Fsp3) is 0.773. The van der Waals surface area contributed by atoms with Crippen LogP contribution >= 0.6 is 7.75 Å². The summed E-state index contributed by atoms with van der Waals surface area (Å²) < 4.78 is 36.5. The van der Waals surface area contributed by atoms with Crippen LogP contribution in [0.15, 0.2) is 17.1 Å². The lowest BCUT2D eigenvalue weighted by Crippen LogP contribution is -2.50. The molecule has 12 nitrogen and oxygen atoms in total. The summed E-state index contributed by atoms with van der Waals surface area (Å²) in [5.41, 5.74) is 3.07. The predicted octanol–water partition coefficient (Wildman–Crippen LogP) is 1.88. The van der Waals surface area contributed by atoms with Crippen LogP contribution in [0.5, 0.6) is 0 Å². The van der Waals surface area contributed by atoms with Gasteiger partial charge in [0, 0.05) is 6.20 Å². The number of anilines is 1. The molecule has 2 aliphatic heterocycles. The third-order valence-electron chi connectivity index (χ3n) is 6.91. The second-order valence-corrected chi connectivity index (χ2v) is 11.5. The first-order valence-electron chi connectivity index (χ1n) is 12.2. The van der Waals surface area contributed by atoms with E-state index in [0.29, 0.717) is 12.5 Å². The van der Waals surface area contributed by atoms with Gasteiger partial charge in [0.1, 0.15) is 29.7 Å². The van der Waals surface area contributed by atoms with Crippen LogP contribution < -0.4 is 16.5 Å². The monoisotopic (exact) mass is 514 g/mol. The van der Waals surface area contributed by atoms with Crippen LogP contribution in [-0.2, 0) is 27.9 Å². The van der Waals surface area contributed by atoms with Crippen molar-refractivity contribution in [1.82, 2.24) is 14.6 Å². The highest BCUT2D eigenvalue weighted by Gasteiger charge is 2.60. The first-order valence-corrected chi connectivity index (χ1v) is 13.7. The molecule has 1 aromatic heterocycles. The molecule has 1 saturated carbocycles. The fourth-order valence-electron chi connectivity index (χ4n) is 5.00. The van der Waals surface area contributed by atoms with E-state index in [1.54, 1.807) is 0 Å². The second kappa shape index (κ2) is 10.7. The van der Waals surface area contributed by atoms with E-state index in [9.17, 15) is 19.3 Å². The minimum atomic E-state index is -3.99. The molecule has 6 atom stereocenters. The van der Waals surface area contributed by atoms with E-state index in [-0.39, 0.29) is 12.4 Å². The number of aromatic nitrogens is 2. The first-order chi connectivity index (χ1) is 16.6. The van der Waals surface area contributed by atoms with Crippen molar-refractivity contribution >= 4 is 19.5 Å². The normalized spacial score (nSPS) is 34.3. The van der Waals surface area contributed by atoms with E-state index in [2.05, 4.69) is 10.1 Å². The van der Waals surface area contributed by atoms with Gasteiger partial charge in [-0.1, -0.05) is 32.1 Å². The lowest BCUT2D eigenvalue weighted by Gasteiger charge is -2.36. The van der Waals surface area contributed by atoms with Gasteiger partial charge < -0.3 is 20.3 Å². The predicted molar refractivity (Wildman–Crippen MR) is 125 cm³/mol. The number of esters is 1. The van der Waals surface area contributed by atoms with Crippen molar-refractivity contribution < 1.29 is 33.0 Å². The molecule has 3 heterocycles. The highest BCUT2D eigenvalue weighted by molar-refractivity contribution is 7.51. The minimum absolute atomic E-state index is 0.0319. The van der Waals surface area contributed by atoms with E-state index in [4.69, 9.17) is 24.3 Å². The Balaban J connectivity index is 1.31. The van der Waals surface area contributed by atoms with Gasteiger partial charge in [-0.15, -0.1) is 0 Å². The van der Waals surface area contributed by atoms with E-state index in [1.807, 2.05) is 0 Å². The Hall–Kier alpha value is -1.82. The number of carbonyl (C=O) groups is 1. The zero-order valence-corrected chi connectivity index (χ0v) is 21.0. The van der Waals surface area contributed by atoms with Crippen molar-refractivity contribution in [2.24, 2.45) is 5.92 Å². The van der Waals surface area contributed by atoms with Crippen molar-refractivity contribution in [3.8, 4) is 0 Å². The Morgan fingerprint density at radius 2 is 2.17 bits per heavy atom. The minimum Gasteiger partial charge on any atom is -0.465 e. The quantitative estimate of drug-likeness (QED) is 0.263. The molecule has 13 heteroatoms. The second-order valence-electron chi connectivity index (χ2n) is 9.78. The topological polar surface area (TPSA) is 164 Å². The molecule has 2 saturated heterocycles. The Kier molecular flexibility index (Phi) is 7.99. The molecule has 1 unspecified atom stereocenters. The van der Waals surface area contributed by atoms with E-state index in [1.165, 1.54) is 58.2 Å². The molecule has 4 N–H and O–H groups in total. The molecule has 4 rings (SSSR count). The highest BCUT2D eigenvalue weighted by atomic mass is 31.2. The molecule has 3 aliphatic rings. The van der Waals surface area contributed by atoms with Gasteiger partial charge >= 0.3 is 19.4 Å². The zero-order chi connectivity index (χ0) is 25.2. The van der Waals surface area contributed by atoms with Crippen LogP contribution in [0.25, 0.3) is 0 Å². The van der Waals surface area contributed by atoms with E-state index < -0.39 is 49.5 Å². The molecule has 3 fully saturated rings. The Bertz CT molecular complexity index is 1010. The fourth-order valence-corrected chi connectivity index (χ4v) is 6.77. The largest absolute Gasteiger partial charge is 0.465 e. The maximum atomic E-state index is 13.2. The van der Waals surface area contributed by atoms with Gasteiger partial charge in [0.15, 0.2) is 6.23 Å². The maximum absolute atomic E-state index is 13.2. The number of aliphatic hydroxyl groups is 1. The number of nitrogen functional groups attached to an aromatic ring is 1. The lowest BCUT2D eigenvalue weighted by molar-refractivity contribution is -0.145. The van der Waals surface area contributed by atoms with Crippen LogP contribution in [0.4, 0.5) is 5.82 Å². The third kappa shape index (κ3) is 5.95. The van der Waals surface area contributed by atoms with Gasteiger partial charge in [-0.2, -0.15) is 4.98 Å². The molecular formula is C22H35N4O8P. The summed E-state index contributed by atoms with van der Waals surface area (Å²) in [6, 6.07) is 0.439. The first kappa shape index (κ1) is 26.2. The molecule has 0 radical (unpaired) electrons. The van der Waals surface area contributed by atoms with E-state index in [0.717, 1.165) is 17.4 Å². The van der Waals surface area contributed by atoms with Gasteiger partial charge in [-0.05, 0) is 38.7 Å². The number of nitrogens with zero attached hydrogens (tertiary/aromatic N) is 2. The number of carbonyl (C=O) groups excluding carboxylic acids is 1. The van der Waals surface area contributed by atoms with Gasteiger partial charge in [0.2, 0.25) is 0 Å². The number of fused-ring (bicyclic) bond motifs is 1. The lowest BCUT2D eigenvalue weighted by atomic mass is 9.86. The average Bonchev–Trinajstić information content (AvgIpc) is 3.06. The van der Waals surface area contributed by atoms with Crippen molar-refractivity contribution in [3.63, 3.8) is 0 Å². The molecule has 0 aromatic carbocycles. The Labute approximate surface area is 204 Å². The number of nitrogens with two attached hydrogens (primary N) is 1. The van der Waals surface area contributed by atoms with Crippen LogP contribution in [0.1, 0.15) is 65.0 Å². The number of nitrogens with one attached hydrogen (secondary N) is 1. The highest BCUT2D eigenvalue weighted by Crippen LogP contribution is 2.55. The molecular weight excluding hydrogens is 479 g/mol. The van der Waals surface area contributed by atoms with Crippen molar-refractivity contribution in [1.29, 1.82) is 0 Å². The van der Waals surface area contributed by atoms with Crippen molar-refractivity contribution in [2.75, 3.05) is 18.9 Å². The van der Waals surface area contributed by atoms with Crippen LogP contribution in [0.3, 0.4) is 0 Å². The summed E-state index contributed by atoms with van der Waals surface area (Å²) in [7, 11) is -3.99. The van der Waals surface area contributed by atoms with Crippen molar-refractivity contribution in [3.05, 3.63) is 22.7 Å². The molecule has 1 aliphatic carbocycles. The summed E-state index contributed by atoms with van der Waals surface area (Å²) in [6.07, 6.45) is 6.45. The number of rotatable bonds is 8. The molecule has 0 spiro atoms. The molecule has 1 aromatic rings. The summed E-state index contributed by atoms with van der Waals surface area (Å²) in [5.74, 6) is 0.172. The standard InChI is InChI=1S/C22H35N4O8P/c1-14(19(27)31-12-6-9-15-7-4-3-5-8-15)25-35(30)32-13-16-18(34-35)22(2,29)20(33-16)26-11-10-17(23)24-21(26)28/h10-11,14-16,18,20,29H,3-9,12-13H2,1-2H3,(H,25,30)(H2,23,24,28)/t14-,16+,18+,20+,22+,35?/m0/s1. The summed E-state index contributed by atoms with van der Waals surface area (Å²) in [5, 5.41) is 13.7. The van der Waals surface area contributed by atoms with Crippen LogP contribution in [0.2, 0.25) is 0 Å². The van der Waals surface area contributed by atoms with Crippen molar-refractivity contribution in [2.45, 2.75) is 88.9 Å². The Morgan fingerprint density at radius 3 is 2.89 bits per heavy atom. The maximum Gasteiger partial charge on any atom is 0.406 e. The zero-order valence-electron chi connectivity index (χ0n) is 20.1. The summed E-state index contributed by atoms with van der Waals surface area (Å²) in [6.45, 7) is 3.03. The Morgan fingerprint density at radius 1 is 1.43 bits per heavy atom. The third-order valence-corrected chi connectivity index (χ3v) is 8.61. The van der Waals surface area contributed by atoms with Crippen LogP contribution in [0, 0.1) is 5.92 Å². The molecule has 0 bridgehead atoms. The number of ether oxygens (including phenoxy) is 2. The number of hydrogen-bond acceptors (Lipinski definition) is 10. The van der Waals surface area contributed by atoms with Gasteiger partial charge in [0.05, 0.1) is 13.2 Å². The average molecular weight is 515 g/mol. The van der Waals surface area contributed by atoms with Crippen LogP contribution in [-0.4, -0.2) is 57.7 Å². The molecule has 35 heavy (non-hydrogen) atoms. The van der Waals surface area contributed by atoms with Gasteiger partial charge in [-0.25, -0.2) is 14.4 Å². The SMILES string of the molecule is C[C@H](NP1(=O)OC[C@H]2O[C@@H](n3ccc(N)nc3=O)[C@](C)(O)[C@@H]2O1)C(=O)OCCCC1CCCCC1. The smallest absolute Gasteiger partial charge is 0.406 e.